The Kier molecular flexibility index (Phi) is 7.69. The van der Waals surface area contributed by atoms with E-state index < -0.39 is 24.4 Å². The van der Waals surface area contributed by atoms with Crippen LogP contribution in [0.25, 0.3) is 17.4 Å². The van der Waals surface area contributed by atoms with Gasteiger partial charge in [-0.05, 0) is 38.8 Å². The van der Waals surface area contributed by atoms with E-state index in [1.54, 1.807) is 38.6 Å². The molecule has 9 nitrogen and oxygen atoms in total. The maximum atomic E-state index is 10.7. The van der Waals surface area contributed by atoms with Crippen molar-refractivity contribution in [2.45, 2.75) is 70.2 Å². The summed E-state index contributed by atoms with van der Waals surface area (Å²) in [5.74, 6) is 1.38. The highest BCUT2D eigenvalue weighted by Gasteiger charge is 2.48. The first-order valence-electron chi connectivity index (χ1n) is 11.7. The lowest BCUT2D eigenvalue weighted by Gasteiger charge is -2.38. The van der Waals surface area contributed by atoms with E-state index in [0.717, 1.165) is 11.1 Å². The quantitative estimate of drug-likeness (QED) is 0.469. The summed E-state index contributed by atoms with van der Waals surface area (Å²) in [6, 6.07) is 3.60. The van der Waals surface area contributed by atoms with Gasteiger partial charge in [-0.25, -0.2) is 9.97 Å². The second kappa shape index (κ2) is 10.5. The van der Waals surface area contributed by atoms with E-state index in [1.807, 2.05) is 19.9 Å². The Morgan fingerprint density at radius 2 is 1.97 bits per heavy atom. The van der Waals surface area contributed by atoms with Gasteiger partial charge < -0.3 is 33.9 Å². The molecule has 2 aliphatic rings. The molecule has 0 aliphatic carbocycles. The normalized spacial score (nSPS) is 31.2. The maximum Gasteiger partial charge on any atom is 0.219 e. The van der Waals surface area contributed by atoms with Crippen molar-refractivity contribution in [3.05, 3.63) is 36.0 Å². The summed E-state index contributed by atoms with van der Waals surface area (Å²) in [7, 11) is 1.56. The molecule has 9 heteroatoms. The highest BCUT2D eigenvalue weighted by Crippen LogP contribution is 2.38. The molecule has 2 saturated heterocycles. The van der Waals surface area contributed by atoms with Crippen LogP contribution in [0.1, 0.15) is 39.5 Å². The number of nitrogens with zero attached hydrogens (tertiary/aromatic N) is 2. The summed E-state index contributed by atoms with van der Waals surface area (Å²) >= 11 is 0. The minimum absolute atomic E-state index is 0.00775. The van der Waals surface area contributed by atoms with Crippen molar-refractivity contribution in [1.29, 1.82) is 0 Å². The van der Waals surface area contributed by atoms with Gasteiger partial charge in [0.1, 0.15) is 6.10 Å². The van der Waals surface area contributed by atoms with Crippen LogP contribution in [0.3, 0.4) is 0 Å². The monoisotopic (exact) mass is 474 g/mol. The van der Waals surface area contributed by atoms with Crippen LogP contribution in [-0.4, -0.2) is 75.6 Å². The highest BCUT2D eigenvalue weighted by molar-refractivity contribution is 5.57. The van der Waals surface area contributed by atoms with Gasteiger partial charge in [-0.1, -0.05) is 12.5 Å². The highest BCUT2D eigenvalue weighted by atomic mass is 16.6. The van der Waals surface area contributed by atoms with Crippen LogP contribution >= 0.6 is 0 Å². The Labute approximate surface area is 199 Å². The smallest absolute Gasteiger partial charge is 0.219 e. The third-order valence-electron chi connectivity index (χ3n) is 6.82. The van der Waals surface area contributed by atoms with Crippen LogP contribution in [0.5, 0.6) is 5.88 Å². The molecule has 8 atom stereocenters. The summed E-state index contributed by atoms with van der Waals surface area (Å²) in [6.45, 7) is 5.96. The number of hydrogen-bond donors (Lipinski definition) is 3. The Balaban J connectivity index is 1.30. The van der Waals surface area contributed by atoms with Crippen LogP contribution in [-0.2, 0) is 9.47 Å². The molecule has 2 fully saturated rings. The van der Waals surface area contributed by atoms with E-state index in [2.05, 4.69) is 9.97 Å². The van der Waals surface area contributed by atoms with Gasteiger partial charge >= 0.3 is 0 Å². The number of aliphatic hydroxyl groups is 3. The van der Waals surface area contributed by atoms with E-state index in [1.165, 1.54) is 0 Å². The van der Waals surface area contributed by atoms with Crippen LogP contribution < -0.4 is 4.74 Å². The van der Waals surface area contributed by atoms with Gasteiger partial charge in [0, 0.05) is 29.7 Å². The molecule has 0 spiro atoms. The number of methoxy groups -OCH3 is 1. The zero-order chi connectivity index (χ0) is 24.4. The van der Waals surface area contributed by atoms with Gasteiger partial charge in [-0.2, -0.15) is 0 Å². The van der Waals surface area contributed by atoms with Crippen molar-refractivity contribution >= 4 is 6.08 Å². The molecule has 0 unspecified atom stereocenters. The number of aliphatic hydroxyl groups excluding tert-OH is 3. The minimum Gasteiger partial charge on any atom is -0.481 e. The Morgan fingerprint density at radius 3 is 2.65 bits per heavy atom. The summed E-state index contributed by atoms with van der Waals surface area (Å²) in [4.78, 5) is 8.47. The zero-order valence-electron chi connectivity index (χ0n) is 20.0. The van der Waals surface area contributed by atoms with E-state index in [4.69, 9.17) is 18.6 Å². The van der Waals surface area contributed by atoms with Gasteiger partial charge in [0.05, 0.1) is 50.4 Å². The largest absolute Gasteiger partial charge is 0.481 e. The number of ether oxygens (including phenoxy) is 3. The molecule has 0 saturated carbocycles. The lowest BCUT2D eigenvalue weighted by Crippen LogP contribution is -2.50. The minimum atomic E-state index is -1.00. The number of aromatic nitrogens is 2. The number of pyridine rings is 1. The first-order chi connectivity index (χ1) is 16.3. The molecule has 0 amide bonds. The number of epoxide rings is 1. The molecule has 2 aromatic heterocycles. The summed E-state index contributed by atoms with van der Waals surface area (Å²) < 4.78 is 22.5. The molecular weight excluding hydrogens is 440 g/mol. The Bertz CT molecular complexity index is 974. The van der Waals surface area contributed by atoms with Crippen LogP contribution in [0.2, 0.25) is 0 Å². The van der Waals surface area contributed by atoms with E-state index in [-0.39, 0.29) is 24.0 Å². The predicted molar refractivity (Wildman–Crippen MR) is 124 cm³/mol. The summed E-state index contributed by atoms with van der Waals surface area (Å²) in [6.07, 6.45) is 3.25. The Morgan fingerprint density at radius 1 is 1.18 bits per heavy atom. The molecule has 4 rings (SSSR count). The summed E-state index contributed by atoms with van der Waals surface area (Å²) in [5, 5.41) is 31.1. The summed E-state index contributed by atoms with van der Waals surface area (Å²) in [5.41, 5.74) is 1.70. The predicted octanol–water partition coefficient (Wildman–Crippen LogP) is 2.45. The first kappa shape index (κ1) is 24.8. The fraction of sp³-hybridized carbons (Fsp3) is 0.600. The molecule has 3 N–H and O–H groups in total. The van der Waals surface area contributed by atoms with Crippen LogP contribution in [0.15, 0.2) is 34.5 Å². The average molecular weight is 475 g/mol. The van der Waals surface area contributed by atoms with Crippen molar-refractivity contribution in [2.24, 2.45) is 11.8 Å². The van der Waals surface area contributed by atoms with Crippen molar-refractivity contribution in [1.82, 2.24) is 9.97 Å². The number of rotatable bonds is 9. The second-order valence-electron chi connectivity index (χ2n) is 9.43. The first-order valence-corrected chi connectivity index (χ1v) is 11.7. The molecule has 186 valence electrons. The molecule has 4 heterocycles. The van der Waals surface area contributed by atoms with Gasteiger partial charge in [-0.15, -0.1) is 0 Å². The van der Waals surface area contributed by atoms with Crippen molar-refractivity contribution in [3.8, 4) is 17.2 Å². The maximum absolute atomic E-state index is 10.7. The molecule has 34 heavy (non-hydrogen) atoms. The van der Waals surface area contributed by atoms with Crippen molar-refractivity contribution in [2.75, 3.05) is 13.7 Å². The van der Waals surface area contributed by atoms with Crippen molar-refractivity contribution in [3.63, 3.8) is 0 Å². The Hall–Kier alpha value is -2.30. The van der Waals surface area contributed by atoms with E-state index >= 15 is 0 Å². The fourth-order valence-electron chi connectivity index (χ4n) is 4.43. The SMILES string of the molecule is COc1ccc(-c2cnc(/C=C(\C)C[C@@H]3OC[C@H](C[C@H]4O[C@H]4[C@@H](C)[C@H](C)O)[C@@H](O)[C@H]3O)o2)cn1. The molecule has 0 aromatic carbocycles. The fourth-order valence-corrected chi connectivity index (χ4v) is 4.43. The lowest BCUT2D eigenvalue weighted by molar-refractivity contribution is -0.165. The topological polar surface area (TPSA) is 131 Å². The lowest BCUT2D eigenvalue weighted by atomic mass is 9.85. The molecule has 2 aliphatic heterocycles. The third kappa shape index (κ3) is 5.67. The van der Waals surface area contributed by atoms with E-state index in [9.17, 15) is 15.3 Å². The third-order valence-corrected chi connectivity index (χ3v) is 6.82. The van der Waals surface area contributed by atoms with Crippen LogP contribution in [0, 0.1) is 11.8 Å². The molecular formula is C25H34N2O7. The zero-order valence-corrected chi connectivity index (χ0v) is 20.0. The van der Waals surface area contributed by atoms with Gasteiger partial charge in [0.15, 0.2) is 5.76 Å². The number of oxazole rings is 1. The van der Waals surface area contributed by atoms with Gasteiger partial charge in [0.25, 0.3) is 0 Å². The average Bonchev–Trinajstić information content (AvgIpc) is 3.44. The van der Waals surface area contributed by atoms with E-state index in [0.29, 0.717) is 37.0 Å². The molecule has 0 radical (unpaired) electrons. The van der Waals surface area contributed by atoms with Crippen LogP contribution in [0.4, 0.5) is 0 Å². The van der Waals surface area contributed by atoms with Gasteiger partial charge in [-0.3, -0.25) is 0 Å². The second-order valence-corrected chi connectivity index (χ2v) is 9.43. The molecule has 0 bridgehead atoms. The standard InChI is InChI=1S/C25H34N2O7/c1-13(8-22-27-11-20(33-22)16-5-6-21(31-4)26-10-16)7-18-24(30)23(29)17(12-32-18)9-19-25(34-19)14(2)15(3)28/h5-6,8,10-11,14-15,17-19,23-25,28-30H,7,9,12H2,1-4H3/b13-8+/t14-,15-,17-,18-,19+,23+,24-,25-/m0/s1. The van der Waals surface area contributed by atoms with Gasteiger partial charge in [0.2, 0.25) is 11.8 Å². The van der Waals surface area contributed by atoms with Crippen molar-refractivity contribution < 1.29 is 33.9 Å². The number of hydrogen-bond acceptors (Lipinski definition) is 9. The molecule has 2 aromatic rings.